The molecule has 1 amide bonds. The van der Waals surface area contributed by atoms with Gasteiger partial charge >= 0.3 is 6.18 Å². The van der Waals surface area contributed by atoms with Gasteiger partial charge in [-0.1, -0.05) is 18.2 Å². The van der Waals surface area contributed by atoms with E-state index in [-0.39, 0.29) is 30.6 Å². The molecule has 0 saturated carbocycles. The molecule has 1 atom stereocenters. The molecule has 0 aliphatic heterocycles. The second kappa shape index (κ2) is 7.96. The van der Waals surface area contributed by atoms with Gasteiger partial charge in [0.25, 0.3) is 0 Å². The number of ether oxygens (including phenoxy) is 1. The summed E-state index contributed by atoms with van der Waals surface area (Å²) in [6.45, 7) is 0.209. The topological polar surface area (TPSA) is 64.4 Å². The van der Waals surface area contributed by atoms with Gasteiger partial charge in [0.1, 0.15) is 5.75 Å². The van der Waals surface area contributed by atoms with Crippen LogP contribution < -0.4 is 15.8 Å². The van der Waals surface area contributed by atoms with E-state index in [2.05, 4.69) is 10.1 Å². The lowest BCUT2D eigenvalue weighted by molar-refractivity contribution is -0.153. The van der Waals surface area contributed by atoms with Crippen LogP contribution in [0, 0.1) is 0 Å². The fourth-order valence-electron chi connectivity index (χ4n) is 1.29. The van der Waals surface area contributed by atoms with Gasteiger partial charge in [0.15, 0.2) is 6.61 Å². The molecule has 0 spiro atoms. The zero-order valence-electron chi connectivity index (χ0n) is 10.7. The highest BCUT2D eigenvalue weighted by Crippen LogP contribution is 2.21. The molecule has 0 aliphatic carbocycles. The molecule has 4 nitrogen and oxygen atoms in total. The Labute approximate surface area is 120 Å². The standard InChI is InChI=1S/C12H15F3N2O2.ClH/c1-8(16)11(18)17-6-9-4-2-3-5-10(9)19-7-12(13,14)15;/h2-5,8H,6-7,16H2,1H3,(H,17,18);1H/t8-;/m1./s1. The molecule has 20 heavy (non-hydrogen) atoms. The first-order valence-electron chi connectivity index (χ1n) is 5.60. The molecule has 0 bridgehead atoms. The lowest BCUT2D eigenvalue weighted by Crippen LogP contribution is -2.37. The van der Waals surface area contributed by atoms with Gasteiger partial charge in [0, 0.05) is 12.1 Å². The smallest absolute Gasteiger partial charge is 0.422 e. The molecule has 0 saturated heterocycles. The lowest BCUT2D eigenvalue weighted by atomic mass is 10.2. The van der Waals surface area contributed by atoms with Gasteiger partial charge < -0.3 is 15.8 Å². The van der Waals surface area contributed by atoms with E-state index < -0.39 is 18.8 Å². The minimum Gasteiger partial charge on any atom is -0.484 e. The van der Waals surface area contributed by atoms with Crippen LogP contribution in [0.5, 0.6) is 5.75 Å². The van der Waals surface area contributed by atoms with Crippen LogP contribution in [0.15, 0.2) is 24.3 Å². The Kier molecular flexibility index (Phi) is 7.38. The van der Waals surface area contributed by atoms with E-state index in [0.717, 1.165) is 0 Å². The maximum atomic E-state index is 12.1. The van der Waals surface area contributed by atoms with Crippen molar-refractivity contribution in [2.75, 3.05) is 6.61 Å². The van der Waals surface area contributed by atoms with Crippen molar-refractivity contribution in [1.82, 2.24) is 5.32 Å². The third kappa shape index (κ3) is 6.63. The summed E-state index contributed by atoms with van der Waals surface area (Å²) in [4.78, 5) is 11.3. The van der Waals surface area contributed by atoms with E-state index in [1.54, 1.807) is 18.2 Å². The summed E-state index contributed by atoms with van der Waals surface area (Å²) in [7, 11) is 0. The second-order valence-electron chi connectivity index (χ2n) is 4.02. The number of para-hydroxylation sites is 1. The molecule has 0 unspecified atom stereocenters. The number of nitrogens with two attached hydrogens (primary N) is 1. The minimum atomic E-state index is -4.40. The number of hydrogen-bond donors (Lipinski definition) is 2. The number of carbonyl (C=O) groups excluding carboxylic acids is 1. The largest absolute Gasteiger partial charge is 0.484 e. The number of nitrogens with one attached hydrogen (secondary N) is 1. The van der Waals surface area contributed by atoms with Crippen LogP contribution >= 0.6 is 12.4 Å². The summed E-state index contributed by atoms with van der Waals surface area (Å²) in [5.74, 6) is -0.296. The number of hydrogen-bond acceptors (Lipinski definition) is 3. The number of benzene rings is 1. The first kappa shape index (κ1) is 18.5. The predicted molar refractivity (Wildman–Crippen MR) is 70.7 cm³/mol. The van der Waals surface area contributed by atoms with Crippen molar-refractivity contribution in [1.29, 1.82) is 0 Å². The van der Waals surface area contributed by atoms with Gasteiger partial charge in [0.2, 0.25) is 5.91 Å². The SMILES string of the molecule is C[C@@H](N)C(=O)NCc1ccccc1OCC(F)(F)F.Cl. The number of halogens is 4. The Morgan fingerprint density at radius 2 is 2.00 bits per heavy atom. The zero-order valence-corrected chi connectivity index (χ0v) is 11.6. The monoisotopic (exact) mass is 312 g/mol. The van der Waals surface area contributed by atoms with Gasteiger partial charge in [-0.2, -0.15) is 13.2 Å². The fraction of sp³-hybridized carbons (Fsp3) is 0.417. The summed E-state index contributed by atoms with van der Waals surface area (Å²) < 4.78 is 40.9. The zero-order chi connectivity index (χ0) is 14.5. The summed E-state index contributed by atoms with van der Waals surface area (Å²) in [5.41, 5.74) is 5.82. The normalized spacial score (nSPS) is 12.2. The molecule has 1 rings (SSSR count). The summed E-state index contributed by atoms with van der Waals surface area (Å²) in [6, 6.07) is 5.52. The van der Waals surface area contributed by atoms with Crippen LogP contribution in [0.2, 0.25) is 0 Å². The second-order valence-corrected chi connectivity index (χ2v) is 4.02. The van der Waals surface area contributed by atoms with Crippen molar-refractivity contribution in [2.24, 2.45) is 5.73 Å². The van der Waals surface area contributed by atoms with Gasteiger partial charge in [-0.3, -0.25) is 4.79 Å². The molecular weight excluding hydrogens is 297 g/mol. The van der Waals surface area contributed by atoms with E-state index in [1.807, 2.05) is 0 Å². The first-order valence-corrected chi connectivity index (χ1v) is 5.60. The van der Waals surface area contributed by atoms with E-state index in [9.17, 15) is 18.0 Å². The first-order chi connectivity index (χ1) is 8.79. The van der Waals surface area contributed by atoms with Crippen LogP contribution in [-0.2, 0) is 11.3 Å². The van der Waals surface area contributed by atoms with Crippen LogP contribution in [0.3, 0.4) is 0 Å². The van der Waals surface area contributed by atoms with Crippen LogP contribution in [0.4, 0.5) is 13.2 Å². The number of carbonyl (C=O) groups is 1. The number of amides is 1. The Morgan fingerprint density at radius 1 is 1.40 bits per heavy atom. The van der Waals surface area contributed by atoms with Crippen LogP contribution in [0.25, 0.3) is 0 Å². The Bertz CT molecular complexity index is 439. The molecule has 0 heterocycles. The van der Waals surface area contributed by atoms with Crippen LogP contribution in [-0.4, -0.2) is 24.7 Å². The highest BCUT2D eigenvalue weighted by molar-refractivity contribution is 5.85. The van der Waals surface area contributed by atoms with Crippen molar-refractivity contribution >= 4 is 18.3 Å². The summed E-state index contributed by atoms with van der Waals surface area (Å²) >= 11 is 0. The van der Waals surface area contributed by atoms with Crippen molar-refractivity contribution in [3.8, 4) is 5.75 Å². The van der Waals surface area contributed by atoms with Crippen molar-refractivity contribution in [3.63, 3.8) is 0 Å². The maximum absolute atomic E-state index is 12.1. The molecule has 0 aromatic heterocycles. The molecule has 114 valence electrons. The van der Waals surface area contributed by atoms with Gasteiger partial charge in [0.05, 0.1) is 6.04 Å². The third-order valence-corrected chi connectivity index (χ3v) is 2.23. The maximum Gasteiger partial charge on any atom is 0.422 e. The average molecular weight is 313 g/mol. The Balaban J connectivity index is 0.00000361. The molecular formula is C12H16ClF3N2O2. The molecule has 0 aliphatic rings. The molecule has 0 radical (unpaired) electrons. The molecule has 0 fully saturated rings. The van der Waals surface area contributed by atoms with Crippen LogP contribution in [0.1, 0.15) is 12.5 Å². The lowest BCUT2D eigenvalue weighted by Gasteiger charge is -2.14. The molecule has 1 aromatic carbocycles. The fourth-order valence-corrected chi connectivity index (χ4v) is 1.29. The third-order valence-electron chi connectivity index (χ3n) is 2.23. The van der Waals surface area contributed by atoms with E-state index in [0.29, 0.717) is 5.56 Å². The number of rotatable bonds is 5. The highest BCUT2D eigenvalue weighted by atomic mass is 35.5. The van der Waals surface area contributed by atoms with Gasteiger partial charge in [-0.05, 0) is 13.0 Å². The Hall–Kier alpha value is -1.47. The van der Waals surface area contributed by atoms with Crippen molar-refractivity contribution in [2.45, 2.75) is 25.7 Å². The van der Waals surface area contributed by atoms with E-state index in [1.165, 1.54) is 13.0 Å². The summed E-state index contributed by atoms with van der Waals surface area (Å²) in [6.07, 6.45) is -4.40. The van der Waals surface area contributed by atoms with E-state index in [4.69, 9.17) is 5.73 Å². The average Bonchev–Trinajstić information content (AvgIpc) is 2.33. The van der Waals surface area contributed by atoms with Gasteiger partial charge in [-0.15, -0.1) is 12.4 Å². The number of alkyl halides is 3. The van der Waals surface area contributed by atoms with E-state index >= 15 is 0 Å². The quantitative estimate of drug-likeness (QED) is 0.874. The molecule has 1 aromatic rings. The minimum absolute atomic E-state index is 0. The predicted octanol–water partition coefficient (Wildman–Crippen LogP) is 2.01. The summed E-state index contributed by atoms with van der Waals surface area (Å²) in [5, 5.41) is 2.51. The van der Waals surface area contributed by atoms with Crippen molar-refractivity contribution in [3.05, 3.63) is 29.8 Å². The van der Waals surface area contributed by atoms with Crippen molar-refractivity contribution < 1.29 is 22.7 Å². The highest BCUT2D eigenvalue weighted by Gasteiger charge is 2.28. The Morgan fingerprint density at radius 3 is 2.55 bits per heavy atom. The molecule has 3 N–H and O–H groups in total. The molecule has 8 heteroatoms. The van der Waals surface area contributed by atoms with Gasteiger partial charge in [-0.25, -0.2) is 0 Å².